The minimum absolute atomic E-state index is 0.133. The van der Waals surface area contributed by atoms with Gasteiger partial charge in [0.05, 0.1) is 25.9 Å². The Hall–Kier alpha value is -2.24. The van der Waals surface area contributed by atoms with Crippen LogP contribution in [0.3, 0.4) is 0 Å². The molecule has 5 nitrogen and oxygen atoms in total. The quantitative estimate of drug-likeness (QED) is 0.813. The number of hydrogen-bond donors (Lipinski definition) is 1. The third-order valence-electron chi connectivity index (χ3n) is 4.03. The highest BCUT2D eigenvalue weighted by Gasteiger charge is 2.20. The smallest absolute Gasteiger partial charge is 0.241 e. The Bertz CT molecular complexity index is 736. The first-order chi connectivity index (χ1) is 11.9. The molecule has 1 N–H and O–H groups in total. The molecule has 25 heavy (non-hydrogen) atoms. The first kappa shape index (κ1) is 19.1. The molecule has 0 saturated carbocycles. The third-order valence-corrected chi connectivity index (χ3v) is 4.26. The summed E-state index contributed by atoms with van der Waals surface area (Å²) in [5, 5.41) is 3.41. The van der Waals surface area contributed by atoms with Crippen molar-refractivity contribution in [3.8, 4) is 11.5 Å². The zero-order valence-corrected chi connectivity index (χ0v) is 15.6. The van der Waals surface area contributed by atoms with Crippen molar-refractivity contribution in [2.24, 2.45) is 0 Å². The lowest BCUT2D eigenvalue weighted by Crippen LogP contribution is -2.39. The predicted octanol–water partition coefficient (Wildman–Crippen LogP) is 3.82. The summed E-state index contributed by atoms with van der Waals surface area (Å²) in [4.78, 5) is 14.5. The number of ether oxygens (including phenoxy) is 2. The summed E-state index contributed by atoms with van der Waals surface area (Å²) in [6, 6.07) is 12.6. The van der Waals surface area contributed by atoms with Crippen LogP contribution < -0.4 is 14.8 Å². The molecular formula is C19H23ClN2O3. The minimum atomic E-state index is -0.338. The van der Waals surface area contributed by atoms with Crippen molar-refractivity contribution >= 4 is 23.2 Å². The normalized spacial score (nSPS) is 11.9. The number of likely N-dealkylation sites (N-methyl/N-ethyl adjacent to an activating group) is 1. The number of carbonyl (C=O) groups excluding carboxylic acids is 1. The number of nitrogens with one attached hydrogen (secondary N) is 1. The van der Waals surface area contributed by atoms with Crippen LogP contribution in [0, 0.1) is 0 Å². The van der Waals surface area contributed by atoms with Crippen LogP contribution in [0.15, 0.2) is 42.5 Å². The van der Waals surface area contributed by atoms with E-state index >= 15 is 0 Å². The average molecular weight is 363 g/mol. The maximum absolute atomic E-state index is 12.6. The Morgan fingerprint density at radius 3 is 2.64 bits per heavy atom. The molecule has 0 aliphatic rings. The van der Waals surface area contributed by atoms with Crippen molar-refractivity contribution in [2.75, 3.05) is 26.6 Å². The topological polar surface area (TPSA) is 50.8 Å². The maximum atomic E-state index is 12.6. The first-order valence-corrected chi connectivity index (χ1v) is 8.30. The van der Waals surface area contributed by atoms with Gasteiger partial charge in [0, 0.05) is 11.6 Å². The van der Waals surface area contributed by atoms with Gasteiger partial charge in [0.1, 0.15) is 11.5 Å². The van der Waals surface area contributed by atoms with E-state index in [0.717, 1.165) is 11.3 Å². The molecule has 6 heteroatoms. The molecule has 0 fully saturated rings. The molecule has 1 amide bonds. The molecule has 0 aromatic heterocycles. The lowest BCUT2D eigenvalue weighted by atomic mass is 10.1. The van der Waals surface area contributed by atoms with Crippen LogP contribution in [0.5, 0.6) is 11.5 Å². The number of rotatable bonds is 7. The molecule has 2 aromatic rings. The van der Waals surface area contributed by atoms with Crippen molar-refractivity contribution in [2.45, 2.75) is 19.5 Å². The number of benzene rings is 2. The summed E-state index contributed by atoms with van der Waals surface area (Å²) in [5.41, 5.74) is 1.63. The van der Waals surface area contributed by atoms with Crippen molar-refractivity contribution < 1.29 is 14.3 Å². The largest absolute Gasteiger partial charge is 0.497 e. The highest BCUT2D eigenvalue weighted by molar-refractivity contribution is 6.31. The molecule has 2 aromatic carbocycles. The third kappa shape index (κ3) is 5.11. The molecule has 2 rings (SSSR count). The lowest BCUT2D eigenvalue weighted by Gasteiger charge is -2.24. The Labute approximate surface area is 153 Å². The van der Waals surface area contributed by atoms with Gasteiger partial charge >= 0.3 is 0 Å². The zero-order valence-electron chi connectivity index (χ0n) is 14.9. The van der Waals surface area contributed by atoms with Crippen molar-refractivity contribution in [1.29, 1.82) is 0 Å². The first-order valence-electron chi connectivity index (χ1n) is 7.92. The van der Waals surface area contributed by atoms with Gasteiger partial charge in [0.15, 0.2) is 0 Å². The number of methoxy groups -OCH3 is 2. The number of amides is 1. The monoisotopic (exact) mass is 362 g/mol. The predicted molar refractivity (Wildman–Crippen MR) is 101 cm³/mol. The van der Waals surface area contributed by atoms with E-state index in [2.05, 4.69) is 5.32 Å². The number of anilines is 1. The molecule has 0 aliphatic heterocycles. The summed E-state index contributed by atoms with van der Waals surface area (Å²) in [6.07, 6.45) is 0. The van der Waals surface area contributed by atoms with E-state index in [-0.39, 0.29) is 11.9 Å². The van der Waals surface area contributed by atoms with Crippen LogP contribution >= 0.6 is 11.6 Å². The Morgan fingerprint density at radius 2 is 1.96 bits per heavy atom. The van der Waals surface area contributed by atoms with E-state index < -0.39 is 0 Å². The van der Waals surface area contributed by atoms with E-state index in [1.807, 2.05) is 43.1 Å². The van der Waals surface area contributed by atoms with Crippen molar-refractivity contribution in [1.82, 2.24) is 4.90 Å². The molecule has 0 unspecified atom stereocenters. The second kappa shape index (κ2) is 8.74. The van der Waals surface area contributed by atoms with Crippen LogP contribution in [0.4, 0.5) is 5.69 Å². The minimum Gasteiger partial charge on any atom is -0.497 e. The lowest BCUT2D eigenvalue weighted by molar-refractivity contribution is -0.120. The van der Waals surface area contributed by atoms with Crippen LogP contribution in [0.1, 0.15) is 12.5 Å². The van der Waals surface area contributed by atoms with Gasteiger partial charge in [-0.2, -0.15) is 0 Å². The van der Waals surface area contributed by atoms with E-state index in [1.54, 1.807) is 32.4 Å². The average Bonchev–Trinajstić information content (AvgIpc) is 2.61. The molecule has 0 radical (unpaired) electrons. The van der Waals surface area contributed by atoms with Gasteiger partial charge < -0.3 is 14.8 Å². The Morgan fingerprint density at radius 1 is 1.20 bits per heavy atom. The second-order valence-electron chi connectivity index (χ2n) is 5.78. The summed E-state index contributed by atoms with van der Waals surface area (Å²) >= 11 is 6.01. The fourth-order valence-electron chi connectivity index (χ4n) is 2.41. The maximum Gasteiger partial charge on any atom is 0.241 e. The van der Waals surface area contributed by atoms with E-state index in [4.69, 9.17) is 21.1 Å². The number of halogens is 1. The van der Waals surface area contributed by atoms with Crippen molar-refractivity contribution in [3.05, 3.63) is 53.1 Å². The summed E-state index contributed by atoms with van der Waals surface area (Å²) in [5.74, 6) is 1.23. The fraction of sp³-hybridized carbons (Fsp3) is 0.316. The van der Waals surface area contributed by atoms with Crippen LogP contribution in [0.2, 0.25) is 5.02 Å². The highest BCUT2D eigenvalue weighted by Crippen LogP contribution is 2.28. The highest BCUT2D eigenvalue weighted by atomic mass is 35.5. The number of carbonyl (C=O) groups is 1. The summed E-state index contributed by atoms with van der Waals surface area (Å²) < 4.78 is 10.5. The molecule has 0 spiro atoms. The number of hydrogen-bond acceptors (Lipinski definition) is 4. The molecule has 1 atom stereocenters. The van der Waals surface area contributed by atoms with Crippen LogP contribution in [-0.2, 0) is 11.3 Å². The summed E-state index contributed by atoms with van der Waals surface area (Å²) in [7, 11) is 5.09. The van der Waals surface area contributed by atoms with E-state index in [1.165, 1.54) is 0 Å². The summed E-state index contributed by atoms with van der Waals surface area (Å²) in [6.45, 7) is 2.48. The Balaban J connectivity index is 2.04. The van der Waals surface area contributed by atoms with Gasteiger partial charge in [0.2, 0.25) is 5.91 Å². The molecule has 0 aliphatic carbocycles. The van der Waals surface area contributed by atoms with Gasteiger partial charge in [0.25, 0.3) is 0 Å². The van der Waals surface area contributed by atoms with Gasteiger partial charge in [-0.25, -0.2) is 0 Å². The van der Waals surface area contributed by atoms with Crippen LogP contribution in [0.25, 0.3) is 0 Å². The zero-order chi connectivity index (χ0) is 18.4. The fourth-order valence-corrected chi connectivity index (χ4v) is 2.58. The van der Waals surface area contributed by atoms with Crippen LogP contribution in [-0.4, -0.2) is 38.1 Å². The standard InChI is InChI=1S/C19H23ClN2O3/c1-13(22(2)12-14-6-5-7-16(10-14)24-3)19(23)21-17-11-15(20)8-9-18(17)25-4/h5-11,13H,12H2,1-4H3,(H,21,23)/t13-/m1/s1. The molecule has 0 saturated heterocycles. The Kier molecular flexibility index (Phi) is 6.67. The van der Waals surface area contributed by atoms with E-state index in [0.29, 0.717) is 23.0 Å². The molecule has 0 heterocycles. The van der Waals surface area contributed by atoms with Gasteiger partial charge in [-0.3, -0.25) is 9.69 Å². The van der Waals surface area contributed by atoms with Gasteiger partial charge in [-0.05, 0) is 49.9 Å². The molecule has 0 bridgehead atoms. The van der Waals surface area contributed by atoms with Gasteiger partial charge in [-0.15, -0.1) is 0 Å². The SMILES string of the molecule is COc1cccc(CN(C)[C@H](C)C(=O)Nc2cc(Cl)ccc2OC)c1. The van der Waals surface area contributed by atoms with Gasteiger partial charge in [-0.1, -0.05) is 23.7 Å². The molecule has 134 valence electrons. The van der Waals surface area contributed by atoms with E-state index in [9.17, 15) is 4.79 Å². The second-order valence-corrected chi connectivity index (χ2v) is 6.21. The number of nitrogens with zero attached hydrogens (tertiary/aromatic N) is 1. The molecular weight excluding hydrogens is 340 g/mol. The van der Waals surface area contributed by atoms with Crippen molar-refractivity contribution in [3.63, 3.8) is 0 Å².